The molecule has 0 spiro atoms. The zero-order valence-corrected chi connectivity index (χ0v) is 14.1. The van der Waals surface area contributed by atoms with Crippen LogP contribution in [0.5, 0.6) is 0 Å². The average Bonchev–Trinajstić information content (AvgIpc) is 2.39. The fourth-order valence-electron chi connectivity index (χ4n) is 2.54. The number of unbranched alkanes of at least 4 members (excludes halogenated alkanes) is 4. The number of carbonyl (C=O) groups is 1. The predicted molar refractivity (Wildman–Crippen MR) is 94.1 cm³/mol. The van der Waals surface area contributed by atoms with Gasteiger partial charge in [-0.05, 0) is 12.8 Å². The Hall–Kier alpha value is -0.395. The first-order valence-corrected chi connectivity index (χ1v) is 8.08. The van der Waals surface area contributed by atoms with Gasteiger partial charge in [-0.2, -0.15) is 0 Å². The largest absolute Gasteiger partial charge is 0.295 e. The highest BCUT2D eigenvalue weighted by Gasteiger charge is 2.32. The van der Waals surface area contributed by atoms with E-state index in [1.165, 1.54) is 37.5 Å². The molecule has 1 nitrogen and oxygen atoms in total. The fraction of sp³-hybridized carbons (Fsp3) is 0.800. The zero-order chi connectivity index (χ0) is 14.9. The number of Topliss-reactive ketones (excluding diaryl/α,β-unsaturated/α-hetero) is 1. The minimum Gasteiger partial charge on any atom is -0.295 e. The van der Waals surface area contributed by atoms with Gasteiger partial charge in [0.15, 0.2) is 5.78 Å². The second-order valence-corrected chi connectivity index (χ2v) is 6.43. The van der Waals surface area contributed by atoms with Crippen LogP contribution in [0, 0.1) is 5.41 Å². The van der Waals surface area contributed by atoms with Crippen LogP contribution < -0.4 is 0 Å². The number of hydrogen-bond donors (Lipinski definition) is 0. The Morgan fingerprint density at radius 3 is 1.89 bits per heavy atom. The first-order valence-electron chi connectivity index (χ1n) is 8.08. The van der Waals surface area contributed by atoms with Crippen molar-refractivity contribution in [2.24, 2.45) is 5.41 Å². The van der Waals surface area contributed by atoms with Crippen molar-refractivity contribution in [3.8, 4) is 0 Å². The summed E-state index contributed by atoms with van der Waals surface area (Å²) < 4.78 is 0. The first-order chi connectivity index (χ1) is 8.89. The van der Waals surface area contributed by atoms with Crippen molar-refractivity contribution in [1.82, 2.24) is 0 Å². The van der Waals surface area contributed by atoms with Crippen molar-refractivity contribution >= 4 is 29.3 Å². The Balaban J connectivity index is 4.76. The van der Waals surface area contributed by atoms with Gasteiger partial charge in [0.1, 0.15) is 23.5 Å². The van der Waals surface area contributed by atoms with E-state index in [0.717, 1.165) is 24.7 Å². The second kappa shape index (κ2) is 9.50. The predicted octanol–water partition coefficient (Wildman–Crippen LogP) is 1.79. The van der Waals surface area contributed by atoms with Crippen LogP contribution in [0.3, 0.4) is 0 Å². The van der Waals surface area contributed by atoms with Gasteiger partial charge < -0.3 is 0 Å². The minimum absolute atomic E-state index is 0.134. The molecule has 0 aromatic carbocycles. The van der Waals surface area contributed by atoms with Crippen LogP contribution in [0.4, 0.5) is 0 Å². The van der Waals surface area contributed by atoms with E-state index in [2.05, 4.69) is 20.8 Å². The highest BCUT2D eigenvalue weighted by atomic mass is 16.1. The van der Waals surface area contributed by atoms with E-state index in [-0.39, 0.29) is 5.41 Å². The molecular weight excluding hydrogens is 229 g/mol. The molecule has 0 aliphatic carbocycles. The SMILES string of the molecule is BC(B)=C(B)C(=O)C(C)(CCCC)CCCCCC. The molecule has 106 valence electrons. The van der Waals surface area contributed by atoms with Crippen LogP contribution >= 0.6 is 0 Å². The van der Waals surface area contributed by atoms with Crippen molar-refractivity contribution < 1.29 is 4.79 Å². The van der Waals surface area contributed by atoms with Crippen molar-refractivity contribution in [3.63, 3.8) is 0 Å². The Morgan fingerprint density at radius 1 is 0.895 bits per heavy atom. The summed E-state index contributed by atoms with van der Waals surface area (Å²) in [7, 11) is 6.09. The van der Waals surface area contributed by atoms with Gasteiger partial charge in [-0.15, -0.1) is 5.37 Å². The summed E-state index contributed by atoms with van der Waals surface area (Å²) in [6.45, 7) is 6.62. The van der Waals surface area contributed by atoms with Crippen LogP contribution in [0.1, 0.15) is 72.1 Å². The Morgan fingerprint density at radius 2 is 1.42 bits per heavy atom. The first kappa shape index (κ1) is 18.6. The highest BCUT2D eigenvalue weighted by Crippen LogP contribution is 2.34. The van der Waals surface area contributed by atoms with Gasteiger partial charge in [0, 0.05) is 5.41 Å². The molecule has 0 saturated carbocycles. The van der Waals surface area contributed by atoms with Gasteiger partial charge >= 0.3 is 0 Å². The van der Waals surface area contributed by atoms with E-state index in [9.17, 15) is 4.79 Å². The highest BCUT2D eigenvalue weighted by molar-refractivity contribution is 6.56. The van der Waals surface area contributed by atoms with Crippen LogP contribution in [0.15, 0.2) is 10.8 Å². The zero-order valence-electron chi connectivity index (χ0n) is 14.1. The lowest BCUT2D eigenvalue weighted by molar-refractivity contribution is -0.124. The van der Waals surface area contributed by atoms with E-state index in [1.54, 1.807) is 0 Å². The van der Waals surface area contributed by atoms with E-state index >= 15 is 0 Å². The van der Waals surface area contributed by atoms with E-state index in [0.29, 0.717) is 5.78 Å². The van der Waals surface area contributed by atoms with Crippen molar-refractivity contribution in [1.29, 1.82) is 0 Å². The Kier molecular flexibility index (Phi) is 9.30. The smallest absolute Gasteiger partial charge is 0.153 e. The van der Waals surface area contributed by atoms with Crippen molar-refractivity contribution in [2.75, 3.05) is 0 Å². The number of ketones is 1. The van der Waals surface area contributed by atoms with Crippen molar-refractivity contribution in [2.45, 2.75) is 72.1 Å². The molecule has 0 fully saturated rings. The minimum atomic E-state index is -0.134. The molecule has 1 atom stereocenters. The lowest BCUT2D eigenvalue weighted by atomic mass is 9.62. The standard InChI is InChI=1S/C15H31B3O/c1-4-6-8-9-11-15(3,10-7-5-2)13(19)12(16)14(17)18/h4-11,16-18H2,1-3H3. The van der Waals surface area contributed by atoms with Gasteiger partial charge in [0.2, 0.25) is 0 Å². The normalized spacial score (nSPS) is 13.8. The fourth-order valence-corrected chi connectivity index (χ4v) is 2.54. The molecule has 19 heavy (non-hydrogen) atoms. The summed E-state index contributed by atoms with van der Waals surface area (Å²) in [5.74, 6) is 0.387. The number of allylic oxidation sites excluding steroid dienone is 1. The van der Waals surface area contributed by atoms with Gasteiger partial charge in [0.05, 0.1) is 0 Å². The van der Waals surface area contributed by atoms with Crippen LogP contribution in [0.2, 0.25) is 0 Å². The van der Waals surface area contributed by atoms with E-state index in [4.69, 9.17) is 0 Å². The quantitative estimate of drug-likeness (QED) is 0.332. The summed E-state index contributed by atoms with van der Waals surface area (Å²) in [6.07, 6.45) is 9.43. The van der Waals surface area contributed by atoms with Crippen LogP contribution in [0.25, 0.3) is 0 Å². The number of hydrogen-bond acceptors (Lipinski definition) is 1. The summed E-state index contributed by atoms with van der Waals surface area (Å²) >= 11 is 0. The third kappa shape index (κ3) is 6.54. The maximum Gasteiger partial charge on any atom is 0.153 e. The molecule has 0 rings (SSSR count). The summed E-state index contributed by atoms with van der Waals surface area (Å²) in [6, 6.07) is 0. The lowest BCUT2D eigenvalue weighted by Crippen LogP contribution is -2.30. The molecule has 0 amide bonds. The molecule has 0 bridgehead atoms. The Bertz CT molecular complexity index is 309. The van der Waals surface area contributed by atoms with Gasteiger partial charge in [-0.25, -0.2) is 0 Å². The maximum absolute atomic E-state index is 12.7. The lowest BCUT2D eigenvalue weighted by Gasteiger charge is -2.29. The Labute approximate surface area is 123 Å². The molecule has 0 aromatic heterocycles. The monoisotopic (exact) mass is 260 g/mol. The molecule has 0 heterocycles. The molecular formula is C15H31B3O. The average molecular weight is 260 g/mol. The van der Waals surface area contributed by atoms with Gasteiger partial charge in [0.25, 0.3) is 0 Å². The topological polar surface area (TPSA) is 17.1 Å². The molecule has 0 aliphatic heterocycles. The summed E-state index contributed by atoms with van der Waals surface area (Å²) in [5.41, 5.74) is 0.847. The molecule has 0 aromatic rings. The molecule has 4 heteroatoms. The molecule has 0 saturated heterocycles. The second-order valence-electron chi connectivity index (χ2n) is 6.43. The number of rotatable bonds is 10. The van der Waals surface area contributed by atoms with E-state index in [1.807, 2.05) is 23.5 Å². The molecule has 0 N–H and O–H groups in total. The molecule has 0 radical (unpaired) electrons. The number of carbonyl (C=O) groups excluding carboxylic acids is 1. The van der Waals surface area contributed by atoms with Crippen molar-refractivity contribution in [3.05, 3.63) is 10.8 Å². The third-order valence-electron chi connectivity index (χ3n) is 4.30. The third-order valence-corrected chi connectivity index (χ3v) is 4.30. The van der Waals surface area contributed by atoms with Crippen LogP contribution in [-0.4, -0.2) is 29.3 Å². The van der Waals surface area contributed by atoms with Gasteiger partial charge in [-0.1, -0.05) is 64.8 Å². The van der Waals surface area contributed by atoms with E-state index < -0.39 is 0 Å². The summed E-state index contributed by atoms with van der Waals surface area (Å²) in [4.78, 5) is 12.7. The maximum atomic E-state index is 12.7. The van der Waals surface area contributed by atoms with Crippen LogP contribution in [-0.2, 0) is 4.79 Å². The summed E-state index contributed by atoms with van der Waals surface area (Å²) in [5, 5.41) is 1.17. The molecule has 0 aliphatic rings. The molecule has 1 unspecified atom stereocenters. The van der Waals surface area contributed by atoms with Gasteiger partial charge in [-0.3, -0.25) is 4.79 Å².